The zero-order chi connectivity index (χ0) is 20.8. The number of aromatic hydroxyl groups is 2. The second kappa shape index (κ2) is 15.4. The summed E-state index contributed by atoms with van der Waals surface area (Å²) in [7, 11) is 0. The number of aryl methyl sites for hydroxylation is 2. The Balaban J connectivity index is 0.000000369. The molecule has 0 aliphatic carbocycles. The number of halogens is 2. The van der Waals surface area contributed by atoms with Crippen LogP contribution in [0, 0.1) is 25.5 Å². The van der Waals surface area contributed by atoms with E-state index in [1.807, 2.05) is 60.7 Å². The second-order valence-corrected chi connectivity index (χ2v) is 5.79. The minimum Gasteiger partial charge on any atom is -0.508 e. The Labute approximate surface area is 189 Å². The predicted molar refractivity (Wildman–Crippen MR) is 110 cm³/mol. The maximum atomic E-state index is 12.2. The molecule has 5 heteroatoms. The van der Waals surface area contributed by atoms with Crippen molar-refractivity contribution in [2.24, 2.45) is 0 Å². The van der Waals surface area contributed by atoms with Gasteiger partial charge in [-0.05, 0) is 61.4 Å². The molecule has 0 amide bonds. The third kappa shape index (κ3) is 12.5. The van der Waals surface area contributed by atoms with Crippen molar-refractivity contribution in [1.82, 2.24) is 0 Å². The van der Waals surface area contributed by atoms with Crippen molar-refractivity contribution < 1.29 is 45.2 Å². The van der Waals surface area contributed by atoms with Crippen molar-refractivity contribution in [1.29, 1.82) is 0 Å². The largest absolute Gasteiger partial charge is 2.00 e. The molecule has 0 bridgehead atoms. The summed E-state index contributed by atoms with van der Waals surface area (Å²) in [5, 5.41) is 17.8. The number of rotatable bonds is 0. The van der Waals surface area contributed by atoms with Crippen molar-refractivity contribution in [3.05, 3.63) is 120 Å². The van der Waals surface area contributed by atoms with Gasteiger partial charge in [0.15, 0.2) is 0 Å². The van der Waals surface area contributed by atoms with Crippen LogP contribution in [-0.2, 0) is 26.2 Å². The van der Waals surface area contributed by atoms with E-state index < -0.39 is 0 Å². The van der Waals surface area contributed by atoms with Gasteiger partial charge in [-0.1, -0.05) is 0 Å². The molecule has 4 aromatic rings. The van der Waals surface area contributed by atoms with Gasteiger partial charge in [-0.15, -0.1) is 0 Å². The quantitative estimate of drug-likeness (QED) is 0.287. The minimum absolute atomic E-state index is 0. The standard InChI is InChI=1S/2C7H7FO.2C5H5.Zr/c2*1-5-4-6(8)2-3-7(5)9;2*1-2-4-5-3-1;/h2*2-4,9H,1H3;2*1-5H;/q;;2*-1;+2. The van der Waals surface area contributed by atoms with Crippen LogP contribution in [-0.4, -0.2) is 10.2 Å². The zero-order valence-electron chi connectivity index (χ0n) is 16.4. The number of hydrogen-bond acceptors (Lipinski definition) is 2. The first-order chi connectivity index (χ1) is 13.4. The summed E-state index contributed by atoms with van der Waals surface area (Å²) in [6, 6.07) is 27.7. The van der Waals surface area contributed by atoms with Gasteiger partial charge in [0.2, 0.25) is 0 Å². The molecule has 0 spiro atoms. The zero-order valence-corrected chi connectivity index (χ0v) is 18.8. The molecule has 0 heterocycles. The molecule has 0 atom stereocenters. The summed E-state index contributed by atoms with van der Waals surface area (Å²) >= 11 is 0. The molecule has 2 N–H and O–H groups in total. The smallest absolute Gasteiger partial charge is 0.508 e. The van der Waals surface area contributed by atoms with E-state index in [-0.39, 0.29) is 49.3 Å². The van der Waals surface area contributed by atoms with Gasteiger partial charge < -0.3 is 10.2 Å². The number of phenols is 2. The van der Waals surface area contributed by atoms with Gasteiger partial charge in [0.1, 0.15) is 23.1 Å². The van der Waals surface area contributed by atoms with Crippen LogP contribution in [0.5, 0.6) is 11.5 Å². The van der Waals surface area contributed by atoms with Crippen LogP contribution in [0.25, 0.3) is 0 Å². The third-order valence-electron chi connectivity index (χ3n) is 3.43. The van der Waals surface area contributed by atoms with Gasteiger partial charge in [-0.25, -0.2) is 33.0 Å². The number of hydrogen-bond donors (Lipinski definition) is 2. The number of phenolic OH excluding ortho intramolecular Hbond substituents is 2. The van der Waals surface area contributed by atoms with Crippen LogP contribution in [0.1, 0.15) is 11.1 Å². The van der Waals surface area contributed by atoms with Gasteiger partial charge in [0, 0.05) is 0 Å². The second-order valence-electron chi connectivity index (χ2n) is 5.79. The SMILES string of the molecule is Cc1cc(F)ccc1O.Cc1cc(F)ccc1O.[Zr+2].c1cc[cH-]c1.c1cc[cH-]c1. The molecule has 29 heavy (non-hydrogen) atoms. The van der Waals surface area contributed by atoms with Crippen molar-refractivity contribution in [2.45, 2.75) is 13.8 Å². The predicted octanol–water partition coefficient (Wildman–Crippen LogP) is 6.49. The van der Waals surface area contributed by atoms with E-state index >= 15 is 0 Å². The van der Waals surface area contributed by atoms with Crippen LogP contribution >= 0.6 is 0 Å². The van der Waals surface area contributed by atoms with E-state index in [2.05, 4.69) is 0 Å². The summed E-state index contributed by atoms with van der Waals surface area (Å²) < 4.78 is 24.5. The van der Waals surface area contributed by atoms with E-state index in [0.717, 1.165) is 0 Å². The van der Waals surface area contributed by atoms with E-state index in [1.54, 1.807) is 13.8 Å². The monoisotopic (exact) mass is 472 g/mol. The summed E-state index contributed by atoms with van der Waals surface area (Å²) in [5.74, 6) is -0.358. The van der Waals surface area contributed by atoms with Crippen molar-refractivity contribution in [2.75, 3.05) is 0 Å². The molecule has 0 radical (unpaired) electrons. The summed E-state index contributed by atoms with van der Waals surface area (Å²) in [5.41, 5.74) is 1.13. The Morgan fingerprint density at radius 2 is 0.931 bits per heavy atom. The maximum absolute atomic E-state index is 12.2. The summed E-state index contributed by atoms with van der Waals surface area (Å²) in [6.45, 7) is 3.30. The summed E-state index contributed by atoms with van der Waals surface area (Å²) in [4.78, 5) is 0. The Morgan fingerprint density at radius 1 is 0.621 bits per heavy atom. The van der Waals surface area contributed by atoms with Gasteiger partial charge in [0.05, 0.1) is 0 Å². The Hall–Kier alpha value is -2.52. The molecule has 0 aliphatic rings. The van der Waals surface area contributed by atoms with Gasteiger partial charge in [-0.3, -0.25) is 0 Å². The van der Waals surface area contributed by atoms with Crippen LogP contribution in [0.2, 0.25) is 0 Å². The maximum Gasteiger partial charge on any atom is 2.00 e. The van der Waals surface area contributed by atoms with Crippen LogP contribution in [0.3, 0.4) is 0 Å². The average Bonchev–Trinajstić information content (AvgIpc) is 3.41. The molecular weight excluding hydrogens is 449 g/mol. The third-order valence-corrected chi connectivity index (χ3v) is 3.43. The van der Waals surface area contributed by atoms with Crippen LogP contribution < -0.4 is 0 Å². The van der Waals surface area contributed by atoms with E-state index in [1.165, 1.54) is 36.4 Å². The topological polar surface area (TPSA) is 40.5 Å². The molecule has 0 unspecified atom stereocenters. The van der Waals surface area contributed by atoms with Crippen molar-refractivity contribution in [3.8, 4) is 11.5 Å². The fourth-order valence-electron chi connectivity index (χ4n) is 1.88. The molecule has 0 aliphatic heterocycles. The first kappa shape index (κ1) is 26.5. The van der Waals surface area contributed by atoms with Crippen molar-refractivity contribution >= 4 is 0 Å². The Kier molecular flexibility index (Phi) is 14.1. The molecular formula is C24H24F2O2Zr. The van der Waals surface area contributed by atoms with Gasteiger partial charge in [0.25, 0.3) is 0 Å². The average molecular weight is 474 g/mol. The van der Waals surface area contributed by atoms with E-state index in [9.17, 15) is 8.78 Å². The Bertz CT molecular complexity index is 779. The van der Waals surface area contributed by atoms with E-state index in [0.29, 0.717) is 11.1 Å². The van der Waals surface area contributed by atoms with Gasteiger partial charge >= 0.3 is 26.2 Å². The van der Waals surface area contributed by atoms with E-state index in [4.69, 9.17) is 10.2 Å². The Morgan fingerprint density at radius 3 is 1.10 bits per heavy atom. The molecule has 0 aromatic heterocycles. The molecule has 0 fully saturated rings. The fourth-order valence-corrected chi connectivity index (χ4v) is 1.88. The van der Waals surface area contributed by atoms with Crippen LogP contribution in [0.4, 0.5) is 8.78 Å². The summed E-state index contributed by atoms with van der Waals surface area (Å²) in [6.07, 6.45) is 0. The first-order valence-corrected chi connectivity index (χ1v) is 8.63. The molecule has 0 saturated heterocycles. The van der Waals surface area contributed by atoms with Crippen molar-refractivity contribution in [3.63, 3.8) is 0 Å². The van der Waals surface area contributed by atoms with Crippen LogP contribution in [0.15, 0.2) is 97.1 Å². The molecule has 150 valence electrons. The normalized spacial score (nSPS) is 8.69. The van der Waals surface area contributed by atoms with Gasteiger partial charge in [-0.2, -0.15) is 36.4 Å². The minimum atomic E-state index is -0.315. The fraction of sp³-hybridized carbons (Fsp3) is 0.0833. The molecule has 4 aromatic carbocycles. The molecule has 4 rings (SSSR count). The molecule has 0 saturated carbocycles. The first-order valence-electron chi connectivity index (χ1n) is 8.63. The number of benzene rings is 2. The molecule has 2 nitrogen and oxygen atoms in total.